The Labute approximate surface area is 181 Å². The number of carbonyl (C=O) groups excluding carboxylic acids is 1. The number of nitrogens with one attached hydrogen (secondary N) is 1. The van der Waals surface area contributed by atoms with E-state index in [1.54, 1.807) is 36.5 Å². The topological polar surface area (TPSA) is 84.7 Å². The summed E-state index contributed by atoms with van der Waals surface area (Å²) in [5.41, 5.74) is 2.57. The van der Waals surface area contributed by atoms with Gasteiger partial charge in [0.2, 0.25) is 5.43 Å². The average Bonchev–Trinajstić information content (AvgIpc) is 3.25. The number of morpholine rings is 1. The van der Waals surface area contributed by atoms with Crippen molar-refractivity contribution in [2.24, 2.45) is 0 Å². The van der Waals surface area contributed by atoms with Crippen molar-refractivity contribution in [2.45, 2.75) is 0 Å². The lowest BCUT2D eigenvalue weighted by Gasteiger charge is -2.27. The molecule has 0 aliphatic carbocycles. The van der Waals surface area contributed by atoms with Gasteiger partial charge in [-0.3, -0.25) is 9.59 Å². The molecule has 4 heterocycles. The van der Waals surface area contributed by atoms with E-state index in [0.29, 0.717) is 53.9 Å². The number of hydrogen-bond acceptors (Lipinski definition) is 7. The number of amides is 1. The van der Waals surface area contributed by atoms with E-state index < -0.39 is 0 Å². The molecule has 5 rings (SSSR count). The molecular weight excluding hydrogens is 414 g/mol. The molecule has 1 N–H and O–H groups in total. The molecule has 1 saturated heterocycles. The van der Waals surface area contributed by atoms with E-state index in [4.69, 9.17) is 9.15 Å². The molecule has 0 radical (unpaired) electrons. The quantitative estimate of drug-likeness (QED) is 0.524. The van der Waals surface area contributed by atoms with Crippen molar-refractivity contribution in [3.05, 3.63) is 75.9 Å². The lowest BCUT2D eigenvalue weighted by atomic mass is 10.0. The molecule has 1 fully saturated rings. The summed E-state index contributed by atoms with van der Waals surface area (Å²) in [5, 5.41) is 4.69. The largest absolute Gasteiger partial charge is 0.439 e. The van der Waals surface area contributed by atoms with E-state index in [9.17, 15) is 9.59 Å². The minimum atomic E-state index is -0.254. The zero-order chi connectivity index (χ0) is 21.2. The first kappa shape index (κ1) is 19.5. The number of thiophene rings is 1. The Morgan fingerprint density at radius 1 is 1.10 bits per heavy atom. The van der Waals surface area contributed by atoms with E-state index in [2.05, 4.69) is 10.3 Å². The van der Waals surface area contributed by atoms with Crippen molar-refractivity contribution in [3.63, 3.8) is 0 Å². The molecule has 0 saturated carbocycles. The Balaban J connectivity index is 1.50. The average molecular weight is 433 g/mol. The number of pyridine rings is 1. The molecule has 1 aliphatic heterocycles. The van der Waals surface area contributed by atoms with Gasteiger partial charge in [0.05, 0.1) is 13.2 Å². The third-order valence-electron chi connectivity index (χ3n) is 5.10. The van der Waals surface area contributed by atoms with Gasteiger partial charge in [0, 0.05) is 41.9 Å². The van der Waals surface area contributed by atoms with Crippen LogP contribution < -0.4 is 15.6 Å². The second-order valence-corrected chi connectivity index (χ2v) is 7.99. The van der Waals surface area contributed by atoms with Crippen molar-refractivity contribution < 1.29 is 13.9 Å². The summed E-state index contributed by atoms with van der Waals surface area (Å²) in [6.45, 7) is 2.56. The summed E-state index contributed by atoms with van der Waals surface area (Å²) in [6.07, 6.45) is 1.62. The normalized spacial score (nSPS) is 14.0. The number of hydrogen-bond donors (Lipinski definition) is 1. The second kappa shape index (κ2) is 8.33. The number of fused-ring (bicyclic) bond motifs is 1. The van der Waals surface area contributed by atoms with Gasteiger partial charge in [0.25, 0.3) is 5.91 Å². The molecule has 3 aromatic heterocycles. The molecule has 0 spiro atoms. The molecule has 0 bridgehead atoms. The Morgan fingerprint density at radius 2 is 1.97 bits per heavy atom. The highest BCUT2D eigenvalue weighted by Crippen LogP contribution is 2.35. The lowest BCUT2D eigenvalue weighted by molar-refractivity contribution is 0.102. The highest BCUT2D eigenvalue weighted by molar-refractivity contribution is 7.17. The molecule has 8 heteroatoms. The summed E-state index contributed by atoms with van der Waals surface area (Å²) in [7, 11) is 0. The first-order valence-corrected chi connectivity index (χ1v) is 10.8. The maximum absolute atomic E-state index is 12.7. The third kappa shape index (κ3) is 3.95. The Morgan fingerprint density at radius 3 is 2.77 bits per heavy atom. The van der Waals surface area contributed by atoms with Crippen LogP contribution in [0.1, 0.15) is 10.4 Å². The second-order valence-electron chi connectivity index (χ2n) is 7.11. The molecular formula is C23H19N3O4S. The fourth-order valence-corrected chi connectivity index (χ4v) is 4.43. The van der Waals surface area contributed by atoms with Gasteiger partial charge in [-0.2, -0.15) is 0 Å². The molecule has 7 nitrogen and oxygen atoms in total. The van der Waals surface area contributed by atoms with E-state index in [1.807, 2.05) is 28.5 Å². The van der Waals surface area contributed by atoms with Crippen LogP contribution in [0.5, 0.6) is 0 Å². The molecule has 0 unspecified atom stereocenters. The van der Waals surface area contributed by atoms with E-state index in [0.717, 1.165) is 11.1 Å². The van der Waals surface area contributed by atoms with E-state index in [-0.39, 0.29) is 11.3 Å². The maximum atomic E-state index is 12.7. The van der Waals surface area contributed by atoms with Crippen LogP contribution in [0.4, 0.5) is 11.7 Å². The predicted octanol–water partition coefficient (Wildman–Crippen LogP) is 4.01. The summed E-state index contributed by atoms with van der Waals surface area (Å²) >= 11 is 1.35. The van der Waals surface area contributed by atoms with Crippen LogP contribution in [0.15, 0.2) is 69.3 Å². The zero-order valence-corrected chi connectivity index (χ0v) is 17.4. The fourth-order valence-electron chi connectivity index (χ4n) is 3.52. The van der Waals surface area contributed by atoms with Crippen LogP contribution in [-0.4, -0.2) is 37.2 Å². The summed E-state index contributed by atoms with van der Waals surface area (Å²) in [4.78, 5) is 31.5. The van der Waals surface area contributed by atoms with Gasteiger partial charge in [-0.25, -0.2) is 4.98 Å². The Bertz CT molecular complexity index is 1290. The number of ether oxygens (including phenoxy) is 1. The fraction of sp³-hybridized carbons (Fsp3) is 0.174. The standard InChI is InChI=1S/C23H19N3O4S/c27-18-13-20(26-8-10-29-11-9-26)30-21-17(14-31-22(18)21)15-4-3-5-16(12-15)23(28)25-19-6-1-2-7-24-19/h1-7,12-14H,8-11H2,(H,24,25,28). The van der Waals surface area contributed by atoms with Crippen molar-refractivity contribution in [1.29, 1.82) is 0 Å². The van der Waals surface area contributed by atoms with Gasteiger partial charge in [0.15, 0.2) is 11.5 Å². The highest BCUT2D eigenvalue weighted by Gasteiger charge is 2.19. The van der Waals surface area contributed by atoms with Crippen LogP contribution in [0.3, 0.4) is 0 Å². The number of anilines is 2. The summed E-state index contributed by atoms with van der Waals surface area (Å²) in [5.74, 6) is 0.778. The molecule has 1 amide bonds. The molecule has 0 atom stereocenters. The van der Waals surface area contributed by atoms with Gasteiger partial charge in [-0.15, -0.1) is 11.3 Å². The van der Waals surface area contributed by atoms with Crippen LogP contribution in [0.2, 0.25) is 0 Å². The number of carbonyl (C=O) groups is 1. The van der Waals surface area contributed by atoms with Gasteiger partial charge < -0.3 is 19.4 Å². The predicted molar refractivity (Wildman–Crippen MR) is 121 cm³/mol. The smallest absolute Gasteiger partial charge is 0.256 e. The van der Waals surface area contributed by atoms with Crippen LogP contribution in [-0.2, 0) is 4.74 Å². The maximum Gasteiger partial charge on any atom is 0.256 e. The summed E-state index contributed by atoms with van der Waals surface area (Å²) < 4.78 is 12.1. The minimum Gasteiger partial charge on any atom is -0.439 e. The van der Waals surface area contributed by atoms with Crippen molar-refractivity contribution >= 4 is 39.2 Å². The number of benzene rings is 1. The van der Waals surface area contributed by atoms with Crippen LogP contribution >= 0.6 is 11.3 Å². The van der Waals surface area contributed by atoms with Crippen molar-refractivity contribution in [1.82, 2.24) is 4.98 Å². The number of rotatable bonds is 4. The zero-order valence-electron chi connectivity index (χ0n) is 16.5. The number of aromatic nitrogens is 1. The Hall–Kier alpha value is -3.49. The molecule has 1 aliphatic rings. The SMILES string of the molecule is O=C(Nc1ccccn1)c1cccc(-c2csc3c(=O)cc(N4CCOCC4)oc23)c1. The summed E-state index contributed by atoms with van der Waals surface area (Å²) in [6, 6.07) is 14.1. The van der Waals surface area contributed by atoms with Gasteiger partial charge in [-0.05, 0) is 29.8 Å². The Kier molecular flexibility index (Phi) is 5.23. The molecule has 156 valence electrons. The molecule has 1 aromatic carbocycles. The highest BCUT2D eigenvalue weighted by atomic mass is 32.1. The monoisotopic (exact) mass is 433 g/mol. The first-order chi connectivity index (χ1) is 15.2. The van der Waals surface area contributed by atoms with Crippen molar-refractivity contribution in [3.8, 4) is 11.1 Å². The van der Waals surface area contributed by atoms with Gasteiger partial charge >= 0.3 is 0 Å². The minimum absolute atomic E-state index is 0.0666. The lowest BCUT2D eigenvalue weighted by Crippen LogP contribution is -2.36. The van der Waals surface area contributed by atoms with Gasteiger partial charge in [0.1, 0.15) is 10.5 Å². The van der Waals surface area contributed by atoms with E-state index in [1.165, 1.54) is 11.3 Å². The van der Waals surface area contributed by atoms with Crippen molar-refractivity contribution in [2.75, 3.05) is 36.5 Å². The number of nitrogens with zero attached hydrogens (tertiary/aromatic N) is 2. The van der Waals surface area contributed by atoms with Gasteiger partial charge in [-0.1, -0.05) is 18.2 Å². The van der Waals surface area contributed by atoms with E-state index >= 15 is 0 Å². The van der Waals surface area contributed by atoms with Crippen LogP contribution in [0.25, 0.3) is 21.4 Å². The first-order valence-electron chi connectivity index (χ1n) is 9.90. The molecule has 4 aromatic rings. The third-order valence-corrected chi connectivity index (χ3v) is 6.07. The molecule has 31 heavy (non-hydrogen) atoms. The van der Waals surface area contributed by atoms with Crippen LogP contribution in [0, 0.1) is 0 Å².